The van der Waals surface area contributed by atoms with E-state index in [0.29, 0.717) is 23.7 Å². The number of hydrogen-bond donors (Lipinski definition) is 1. The molecule has 2 aromatic carbocycles. The van der Waals surface area contributed by atoms with Crippen LogP contribution in [-0.2, 0) is 4.74 Å². The molecule has 0 spiro atoms. The number of rotatable bonds is 6. The number of hydrogen-bond acceptors (Lipinski definition) is 5. The van der Waals surface area contributed by atoms with Crippen LogP contribution in [-0.4, -0.2) is 30.4 Å². The second-order valence-electron chi connectivity index (χ2n) is 6.34. The summed E-state index contributed by atoms with van der Waals surface area (Å²) >= 11 is 0. The highest BCUT2D eigenvalue weighted by atomic mass is 16.5. The minimum absolute atomic E-state index is 0.108. The first-order chi connectivity index (χ1) is 13.3. The molecule has 1 saturated heterocycles. The molecule has 1 aliphatic rings. The lowest BCUT2D eigenvalue weighted by Crippen LogP contribution is -2.18. The summed E-state index contributed by atoms with van der Waals surface area (Å²) < 4.78 is 16.6. The van der Waals surface area contributed by atoms with Crippen LogP contribution in [0.3, 0.4) is 0 Å². The molecule has 4 rings (SSSR count). The van der Waals surface area contributed by atoms with E-state index in [9.17, 15) is 4.79 Å². The summed E-state index contributed by atoms with van der Waals surface area (Å²) in [5.41, 5.74) is 2.09. The van der Waals surface area contributed by atoms with Crippen molar-refractivity contribution in [2.24, 2.45) is 0 Å². The highest BCUT2D eigenvalue weighted by Gasteiger charge is 2.18. The van der Waals surface area contributed by atoms with E-state index in [1.807, 2.05) is 48.5 Å². The molecule has 0 radical (unpaired) electrons. The van der Waals surface area contributed by atoms with Gasteiger partial charge in [0.2, 0.25) is 5.76 Å². The lowest BCUT2D eigenvalue weighted by Gasteiger charge is -2.14. The van der Waals surface area contributed by atoms with Crippen molar-refractivity contribution >= 4 is 11.6 Å². The summed E-state index contributed by atoms with van der Waals surface area (Å²) in [6, 6.07) is 18.5. The molecule has 1 atom stereocenters. The molecule has 1 fully saturated rings. The summed E-state index contributed by atoms with van der Waals surface area (Å²) in [7, 11) is 0. The largest absolute Gasteiger partial charge is 0.489 e. The fourth-order valence-corrected chi connectivity index (χ4v) is 2.97. The maximum absolute atomic E-state index is 12.5. The normalized spacial score (nSPS) is 16.2. The van der Waals surface area contributed by atoms with E-state index in [0.717, 1.165) is 25.0 Å². The van der Waals surface area contributed by atoms with Gasteiger partial charge in [0.05, 0.1) is 11.8 Å². The monoisotopic (exact) mass is 364 g/mol. The molecule has 6 heteroatoms. The molecular formula is C21H20N2O4. The van der Waals surface area contributed by atoms with Crippen LogP contribution in [0.2, 0.25) is 0 Å². The van der Waals surface area contributed by atoms with E-state index >= 15 is 0 Å². The van der Waals surface area contributed by atoms with Crippen LogP contribution in [0.1, 0.15) is 23.4 Å². The average molecular weight is 364 g/mol. The summed E-state index contributed by atoms with van der Waals surface area (Å²) in [4.78, 5) is 12.5. The number of para-hydroxylation sites is 2. The number of carbonyl (C=O) groups is 1. The highest BCUT2D eigenvalue weighted by molar-refractivity contribution is 6.03. The molecule has 1 aromatic heterocycles. The molecule has 0 aliphatic carbocycles. The first kappa shape index (κ1) is 17.3. The predicted octanol–water partition coefficient (Wildman–Crippen LogP) is 4.15. The van der Waals surface area contributed by atoms with Crippen molar-refractivity contribution < 1.29 is 18.8 Å². The Morgan fingerprint density at radius 3 is 2.78 bits per heavy atom. The first-order valence-electron chi connectivity index (χ1n) is 8.96. The van der Waals surface area contributed by atoms with Gasteiger partial charge in [0.15, 0.2) is 0 Å². The second kappa shape index (κ2) is 8.05. The molecular weight excluding hydrogens is 344 g/mol. The molecule has 1 amide bonds. The number of carbonyl (C=O) groups excluding carboxylic acids is 1. The maximum Gasteiger partial charge on any atom is 0.294 e. The van der Waals surface area contributed by atoms with E-state index in [2.05, 4.69) is 10.5 Å². The smallest absolute Gasteiger partial charge is 0.294 e. The predicted molar refractivity (Wildman–Crippen MR) is 101 cm³/mol. The minimum atomic E-state index is -0.377. The highest BCUT2D eigenvalue weighted by Crippen LogP contribution is 2.26. The zero-order valence-electron chi connectivity index (χ0n) is 14.8. The maximum atomic E-state index is 12.5. The molecule has 0 bridgehead atoms. The number of amides is 1. The molecule has 1 unspecified atom stereocenters. The standard InChI is InChI=1S/C21H20N2O4/c24-21(20-13-18(23-27-20)15-7-2-1-3-8-15)22-17-10-4-5-11-19(17)26-14-16-9-6-12-25-16/h1-5,7-8,10-11,13,16H,6,9,12,14H2,(H,22,24). The van der Waals surface area contributed by atoms with Gasteiger partial charge in [0.25, 0.3) is 5.91 Å². The first-order valence-corrected chi connectivity index (χ1v) is 8.96. The molecule has 3 aromatic rings. The van der Waals surface area contributed by atoms with Gasteiger partial charge in [-0.1, -0.05) is 47.6 Å². The molecule has 27 heavy (non-hydrogen) atoms. The van der Waals surface area contributed by atoms with Gasteiger partial charge in [0.1, 0.15) is 18.1 Å². The molecule has 138 valence electrons. The van der Waals surface area contributed by atoms with Crippen LogP contribution >= 0.6 is 0 Å². The Hall–Kier alpha value is -3.12. The van der Waals surface area contributed by atoms with E-state index in [-0.39, 0.29) is 17.8 Å². The van der Waals surface area contributed by atoms with Crippen LogP contribution in [0.15, 0.2) is 65.2 Å². The van der Waals surface area contributed by atoms with Crippen molar-refractivity contribution in [3.8, 4) is 17.0 Å². The van der Waals surface area contributed by atoms with E-state index in [1.165, 1.54) is 0 Å². The topological polar surface area (TPSA) is 73.6 Å². The molecule has 0 saturated carbocycles. The summed E-state index contributed by atoms with van der Waals surface area (Å²) in [6.45, 7) is 1.25. The van der Waals surface area contributed by atoms with Crippen molar-refractivity contribution in [1.29, 1.82) is 0 Å². The van der Waals surface area contributed by atoms with Gasteiger partial charge in [-0.2, -0.15) is 0 Å². The van der Waals surface area contributed by atoms with Crippen molar-refractivity contribution in [2.45, 2.75) is 18.9 Å². The molecule has 6 nitrogen and oxygen atoms in total. The van der Waals surface area contributed by atoms with Crippen molar-refractivity contribution in [2.75, 3.05) is 18.5 Å². The van der Waals surface area contributed by atoms with Crippen LogP contribution in [0, 0.1) is 0 Å². The Bertz CT molecular complexity index is 901. The Morgan fingerprint density at radius 1 is 1.15 bits per heavy atom. The third-order valence-electron chi connectivity index (χ3n) is 4.39. The second-order valence-corrected chi connectivity index (χ2v) is 6.34. The van der Waals surface area contributed by atoms with Crippen molar-refractivity contribution in [3.63, 3.8) is 0 Å². The number of nitrogens with zero attached hydrogens (tertiary/aromatic N) is 1. The van der Waals surface area contributed by atoms with Gasteiger partial charge in [-0.25, -0.2) is 0 Å². The third kappa shape index (κ3) is 4.17. The molecule has 2 heterocycles. The van der Waals surface area contributed by atoms with Crippen LogP contribution in [0.25, 0.3) is 11.3 Å². The Kier molecular flexibility index (Phi) is 5.16. The lowest BCUT2D eigenvalue weighted by molar-refractivity contribution is 0.0681. The van der Waals surface area contributed by atoms with Crippen molar-refractivity contribution in [1.82, 2.24) is 5.16 Å². The fraction of sp³-hybridized carbons (Fsp3) is 0.238. The number of nitrogens with one attached hydrogen (secondary N) is 1. The van der Waals surface area contributed by atoms with Gasteiger partial charge in [-0.05, 0) is 25.0 Å². The summed E-state index contributed by atoms with van der Waals surface area (Å²) in [5, 5.41) is 6.81. The van der Waals surface area contributed by atoms with Crippen molar-refractivity contribution in [3.05, 3.63) is 66.4 Å². The average Bonchev–Trinajstić information content (AvgIpc) is 3.40. The summed E-state index contributed by atoms with van der Waals surface area (Å²) in [6.07, 6.45) is 2.16. The Balaban J connectivity index is 1.44. The van der Waals surface area contributed by atoms with Crippen LogP contribution in [0.5, 0.6) is 5.75 Å². The number of anilines is 1. The zero-order chi connectivity index (χ0) is 18.5. The van der Waals surface area contributed by atoms with Crippen LogP contribution < -0.4 is 10.1 Å². The fourth-order valence-electron chi connectivity index (χ4n) is 2.97. The zero-order valence-corrected chi connectivity index (χ0v) is 14.8. The Labute approximate surface area is 157 Å². The quantitative estimate of drug-likeness (QED) is 0.711. The lowest BCUT2D eigenvalue weighted by atomic mass is 10.1. The van der Waals surface area contributed by atoms with E-state index in [1.54, 1.807) is 12.1 Å². The van der Waals surface area contributed by atoms with Gasteiger partial charge in [-0.15, -0.1) is 0 Å². The number of ether oxygens (including phenoxy) is 2. The van der Waals surface area contributed by atoms with Gasteiger partial charge in [-0.3, -0.25) is 4.79 Å². The molecule has 1 aliphatic heterocycles. The van der Waals surface area contributed by atoms with E-state index in [4.69, 9.17) is 14.0 Å². The van der Waals surface area contributed by atoms with E-state index < -0.39 is 0 Å². The minimum Gasteiger partial charge on any atom is -0.489 e. The summed E-state index contributed by atoms with van der Waals surface area (Å²) in [5.74, 6) is 0.366. The molecule has 1 N–H and O–H groups in total. The number of benzene rings is 2. The van der Waals surface area contributed by atoms with Gasteiger partial charge in [0, 0.05) is 18.2 Å². The number of aromatic nitrogens is 1. The van der Waals surface area contributed by atoms with Gasteiger partial charge >= 0.3 is 0 Å². The van der Waals surface area contributed by atoms with Crippen LogP contribution in [0.4, 0.5) is 5.69 Å². The third-order valence-corrected chi connectivity index (χ3v) is 4.39. The SMILES string of the molecule is O=C(Nc1ccccc1OCC1CCCO1)c1cc(-c2ccccc2)no1. The Morgan fingerprint density at radius 2 is 1.96 bits per heavy atom. The van der Waals surface area contributed by atoms with Gasteiger partial charge < -0.3 is 19.3 Å².